The van der Waals surface area contributed by atoms with E-state index in [1.54, 1.807) is 0 Å². The van der Waals surface area contributed by atoms with Gasteiger partial charge in [-0.25, -0.2) is 0 Å². The van der Waals surface area contributed by atoms with Crippen LogP contribution in [0.2, 0.25) is 0 Å². The van der Waals surface area contributed by atoms with Gasteiger partial charge in [0.25, 0.3) is 0 Å². The van der Waals surface area contributed by atoms with Crippen LogP contribution >= 0.6 is 0 Å². The maximum absolute atomic E-state index is 12.6. The fourth-order valence-corrected chi connectivity index (χ4v) is 3.30. The third kappa shape index (κ3) is 4.14. The van der Waals surface area contributed by atoms with E-state index >= 15 is 0 Å². The average Bonchev–Trinajstić information content (AvgIpc) is 2.43. The minimum atomic E-state index is 0.265. The van der Waals surface area contributed by atoms with Gasteiger partial charge in [-0.3, -0.25) is 9.69 Å². The van der Waals surface area contributed by atoms with Crippen molar-refractivity contribution in [2.24, 2.45) is 5.92 Å². The SMILES string of the molecule is CNCC1CCCN(CC(=O)c2cc(C)c(C)cc2C)C1. The third-order valence-corrected chi connectivity index (χ3v) is 4.60. The molecule has 1 aliphatic rings. The molecule has 0 spiro atoms. The van der Waals surface area contributed by atoms with Gasteiger partial charge in [0, 0.05) is 12.1 Å². The summed E-state index contributed by atoms with van der Waals surface area (Å²) < 4.78 is 0. The zero-order valence-corrected chi connectivity index (χ0v) is 13.8. The molecule has 1 fully saturated rings. The Balaban J connectivity index is 2.02. The smallest absolute Gasteiger partial charge is 0.177 e. The Bertz CT molecular complexity index is 508. The van der Waals surface area contributed by atoms with Gasteiger partial charge in [0.15, 0.2) is 5.78 Å². The van der Waals surface area contributed by atoms with Gasteiger partial charge in [0.2, 0.25) is 0 Å². The summed E-state index contributed by atoms with van der Waals surface area (Å²) in [5, 5.41) is 3.25. The van der Waals surface area contributed by atoms with Crippen LogP contribution in [0.3, 0.4) is 0 Å². The van der Waals surface area contributed by atoms with Crippen LogP contribution in [0.15, 0.2) is 12.1 Å². The zero-order valence-electron chi connectivity index (χ0n) is 13.8. The van der Waals surface area contributed by atoms with E-state index in [1.165, 1.54) is 24.0 Å². The second kappa shape index (κ2) is 7.19. The van der Waals surface area contributed by atoms with E-state index in [0.717, 1.165) is 30.8 Å². The van der Waals surface area contributed by atoms with Crippen LogP contribution in [0.4, 0.5) is 0 Å². The lowest BCUT2D eigenvalue weighted by Gasteiger charge is -2.32. The fourth-order valence-electron chi connectivity index (χ4n) is 3.30. The first-order chi connectivity index (χ1) is 10.0. The van der Waals surface area contributed by atoms with Gasteiger partial charge in [-0.15, -0.1) is 0 Å². The molecule has 1 N–H and O–H groups in total. The second-order valence-electron chi connectivity index (χ2n) is 6.48. The van der Waals surface area contributed by atoms with Crippen molar-refractivity contribution in [3.8, 4) is 0 Å². The van der Waals surface area contributed by atoms with Crippen LogP contribution in [0.25, 0.3) is 0 Å². The number of hydrogen-bond acceptors (Lipinski definition) is 3. The average molecular weight is 288 g/mol. The molecule has 1 saturated heterocycles. The Kier molecular flexibility index (Phi) is 5.54. The van der Waals surface area contributed by atoms with Crippen molar-refractivity contribution in [3.63, 3.8) is 0 Å². The number of likely N-dealkylation sites (tertiary alicyclic amines) is 1. The van der Waals surface area contributed by atoms with Gasteiger partial charge in [0.1, 0.15) is 0 Å². The Morgan fingerprint density at radius 3 is 2.67 bits per heavy atom. The number of benzene rings is 1. The summed E-state index contributed by atoms with van der Waals surface area (Å²) >= 11 is 0. The number of nitrogens with zero attached hydrogens (tertiary/aromatic N) is 1. The molecule has 2 rings (SSSR count). The summed E-state index contributed by atoms with van der Waals surface area (Å²) in [6, 6.07) is 4.19. The monoisotopic (exact) mass is 288 g/mol. The highest BCUT2D eigenvalue weighted by Gasteiger charge is 2.22. The molecule has 1 aliphatic heterocycles. The first-order valence-corrected chi connectivity index (χ1v) is 7.99. The third-order valence-electron chi connectivity index (χ3n) is 4.60. The molecule has 1 aromatic rings. The van der Waals surface area contributed by atoms with Crippen LogP contribution in [0, 0.1) is 26.7 Å². The summed E-state index contributed by atoms with van der Waals surface area (Å²) in [4.78, 5) is 14.9. The van der Waals surface area contributed by atoms with Gasteiger partial charge in [-0.1, -0.05) is 6.07 Å². The molecule has 1 unspecified atom stereocenters. The van der Waals surface area contributed by atoms with E-state index in [0.29, 0.717) is 12.5 Å². The van der Waals surface area contributed by atoms with E-state index in [1.807, 2.05) is 14.0 Å². The molecule has 1 heterocycles. The van der Waals surface area contributed by atoms with Gasteiger partial charge in [-0.2, -0.15) is 0 Å². The minimum Gasteiger partial charge on any atom is -0.319 e. The van der Waals surface area contributed by atoms with E-state index in [2.05, 4.69) is 36.2 Å². The number of Topliss-reactive ketones (excluding diaryl/α,β-unsaturated/α-hetero) is 1. The van der Waals surface area contributed by atoms with Crippen molar-refractivity contribution in [3.05, 3.63) is 34.4 Å². The standard InChI is InChI=1S/C18H28N2O/c1-13-8-15(3)17(9-14(13)2)18(21)12-20-7-5-6-16(11-20)10-19-4/h8-9,16,19H,5-7,10-12H2,1-4H3. The van der Waals surface area contributed by atoms with Crippen LogP contribution in [0.1, 0.15) is 39.9 Å². The largest absolute Gasteiger partial charge is 0.319 e. The molecule has 116 valence electrons. The van der Waals surface area contributed by atoms with Crippen molar-refractivity contribution < 1.29 is 4.79 Å². The van der Waals surface area contributed by atoms with Crippen molar-refractivity contribution >= 4 is 5.78 Å². The highest BCUT2D eigenvalue weighted by Crippen LogP contribution is 2.19. The van der Waals surface area contributed by atoms with Crippen LogP contribution < -0.4 is 5.32 Å². The molecule has 0 amide bonds. The molecule has 21 heavy (non-hydrogen) atoms. The first kappa shape index (κ1) is 16.2. The lowest BCUT2D eigenvalue weighted by atomic mass is 9.95. The lowest BCUT2D eigenvalue weighted by Crippen LogP contribution is -2.41. The van der Waals surface area contributed by atoms with Crippen molar-refractivity contribution in [2.45, 2.75) is 33.6 Å². The Hall–Kier alpha value is -1.19. The molecule has 1 aromatic carbocycles. The molecule has 1 atom stereocenters. The highest BCUT2D eigenvalue weighted by molar-refractivity contribution is 5.99. The van der Waals surface area contributed by atoms with E-state index < -0.39 is 0 Å². The lowest BCUT2D eigenvalue weighted by molar-refractivity contribution is 0.0886. The van der Waals surface area contributed by atoms with Crippen LogP contribution in [-0.4, -0.2) is 43.9 Å². The van der Waals surface area contributed by atoms with Gasteiger partial charge in [0.05, 0.1) is 6.54 Å². The quantitative estimate of drug-likeness (QED) is 0.846. The number of ketones is 1. The number of piperidine rings is 1. The van der Waals surface area contributed by atoms with E-state index in [9.17, 15) is 4.79 Å². The molecule has 0 radical (unpaired) electrons. The summed E-state index contributed by atoms with van der Waals surface area (Å²) in [6.45, 7) is 9.92. The number of carbonyl (C=O) groups is 1. The Morgan fingerprint density at radius 2 is 1.95 bits per heavy atom. The normalized spacial score (nSPS) is 19.7. The molecule has 0 aromatic heterocycles. The highest BCUT2D eigenvalue weighted by atomic mass is 16.1. The van der Waals surface area contributed by atoms with Crippen molar-refractivity contribution in [2.75, 3.05) is 33.2 Å². The van der Waals surface area contributed by atoms with Gasteiger partial charge >= 0.3 is 0 Å². The Labute approximate surface area is 128 Å². The summed E-state index contributed by atoms with van der Waals surface area (Å²) in [6.07, 6.45) is 2.47. The Morgan fingerprint density at radius 1 is 1.24 bits per heavy atom. The summed E-state index contributed by atoms with van der Waals surface area (Å²) in [5.74, 6) is 0.943. The topological polar surface area (TPSA) is 32.3 Å². The summed E-state index contributed by atoms with van der Waals surface area (Å²) in [7, 11) is 2.00. The fraction of sp³-hybridized carbons (Fsp3) is 0.611. The predicted molar refractivity (Wildman–Crippen MR) is 88.1 cm³/mol. The van der Waals surface area contributed by atoms with Gasteiger partial charge < -0.3 is 5.32 Å². The molecule has 3 heteroatoms. The maximum atomic E-state index is 12.6. The van der Waals surface area contributed by atoms with E-state index in [-0.39, 0.29) is 5.78 Å². The van der Waals surface area contributed by atoms with Crippen LogP contribution in [0.5, 0.6) is 0 Å². The molecular weight excluding hydrogens is 260 g/mol. The number of nitrogens with one attached hydrogen (secondary N) is 1. The minimum absolute atomic E-state index is 0.265. The number of rotatable bonds is 5. The summed E-state index contributed by atoms with van der Waals surface area (Å²) in [5.41, 5.74) is 4.47. The van der Waals surface area contributed by atoms with Crippen molar-refractivity contribution in [1.29, 1.82) is 0 Å². The van der Waals surface area contributed by atoms with Crippen LogP contribution in [-0.2, 0) is 0 Å². The first-order valence-electron chi connectivity index (χ1n) is 7.99. The molecule has 0 saturated carbocycles. The van der Waals surface area contributed by atoms with Gasteiger partial charge in [-0.05, 0) is 82.4 Å². The molecule has 0 bridgehead atoms. The van der Waals surface area contributed by atoms with E-state index in [4.69, 9.17) is 0 Å². The number of hydrogen-bond donors (Lipinski definition) is 1. The van der Waals surface area contributed by atoms with Crippen molar-refractivity contribution in [1.82, 2.24) is 10.2 Å². The number of aryl methyl sites for hydroxylation is 3. The molecular formula is C18H28N2O. The maximum Gasteiger partial charge on any atom is 0.177 e. The zero-order chi connectivity index (χ0) is 15.4. The second-order valence-corrected chi connectivity index (χ2v) is 6.48. The number of carbonyl (C=O) groups excluding carboxylic acids is 1. The predicted octanol–water partition coefficient (Wildman–Crippen LogP) is 2.73. The molecule has 3 nitrogen and oxygen atoms in total. The molecule has 0 aliphatic carbocycles.